The summed E-state index contributed by atoms with van der Waals surface area (Å²) in [6.07, 6.45) is -2.03. The normalized spacial score (nSPS) is 15.9. The number of aliphatic carboxylic acids is 1. The number of aromatic nitrogens is 2. The molecule has 4 rings (SSSR count). The van der Waals surface area contributed by atoms with Crippen molar-refractivity contribution in [2.75, 3.05) is 23.1 Å². The van der Waals surface area contributed by atoms with Crippen LogP contribution in [0.2, 0.25) is 10.0 Å². The highest BCUT2D eigenvalue weighted by Crippen LogP contribution is 2.38. The Hall–Kier alpha value is -3.14. The minimum Gasteiger partial charge on any atom is -0.475 e. The fraction of sp³-hybridized carbons (Fsp3) is 0.348. The topological polar surface area (TPSA) is 134 Å². The number of carboxylic acid groups (broad SMARTS) is 1. The molecule has 1 aromatic heterocycles. The summed E-state index contributed by atoms with van der Waals surface area (Å²) < 4.78 is 77.1. The third kappa shape index (κ3) is 6.95. The molecule has 3 N–H and O–H groups in total. The van der Waals surface area contributed by atoms with E-state index in [0.717, 1.165) is 18.9 Å². The highest BCUT2D eigenvalue weighted by atomic mass is 35.5. The molecule has 0 unspecified atom stereocenters. The molecular formula is C23H23Cl2F4N5O5S. The lowest BCUT2D eigenvalue weighted by atomic mass is 10.1. The fourth-order valence-corrected chi connectivity index (χ4v) is 5.71. The molecule has 1 aliphatic rings. The van der Waals surface area contributed by atoms with Crippen LogP contribution < -0.4 is 15.6 Å². The Morgan fingerprint density at radius 3 is 2.38 bits per heavy atom. The highest BCUT2D eigenvalue weighted by molar-refractivity contribution is 7.90. The number of hydrogen-bond acceptors (Lipinski definition) is 6. The first kappa shape index (κ1) is 31.4. The maximum Gasteiger partial charge on any atom is 0.490 e. The van der Waals surface area contributed by atoms with Gasteiger partial charge >= 0.3 is 22.4 Å². The monoisotopic (exact) mass is 627 g/mol. The standard InChI is InChI=1S/C21H22Cl2FN5O3S.C2HF3O2/c1-3-12-8-9-29(10-12)33(31,32)27-16-5-4-13(24)20(19(16)23)26-15-7-6-14-17(18(15)22)21(30)28(2)11-25-14;3-2(4,5)1(6)7/h4-7,11-12,26-27H,3,8-10H2,1-2H3;(H,6,7)/t12-;/m1./s1. The molecule has 0 aliphatic carbocycles. The van der Waals surface area contributed by atoms with Gasteiger partial charge in [0.2, 0.25) is 0 Å². The Morgan fingerprint density at radius 2 is 1.80 bits per heavy atom. The minimum absolute atomic E-state index is 0.0232. The van der Waals surface area contributed by atoms with Gasteiger partial charge in [-0.3, -0.25) is 9.52 Å². The van der Waals surface area contributed by atoms with E-state index < -0.39 is 28.2 Å². The summed E-state index contributed by atoms with van der Waals surface area (Å²) in [4.78, 5) is 25.6. The lowest BCUT2D eigenvalue weighted by Gasteiger charge is -2.20. The molecule has 3 aromatic rings. The van der Waals surface area contributed by atoms with Crippen molar-refractivity contribution in [2.45, 2.75) is 25.9 Å². The van der Waals surface area contributed by atoms with E-state index in [2.05, 4.69) is 15.0 Å². The summed E-state index contributed by atoms with van der Waals surface area (Å²) in [5, 5.41) is 9.97. The average Bonchev–Trinajstić information content (AvgIpc) is 3.37. The van der Waals surface area contributed by atoms with Gasteiger partial charge in [-0.2, -0.15) is 25.9 Å². The van der Waals surface area contributed by atoms with E-state index in [-0.39, 0.29) is 38.1 Å². The number of hydrogen-bond donors (Lipinski definition) is 3. The predicted molar refractivity (Wildman–Crippen MR) is 143 cm³/mol. The lowest BCUT2D eigenvalue weighted by molar-refractivity contribution is -0.192. The Kier molecular flexibility index (Phi) is 9.54. The van der Waals surface area contributed by atoms with E-state index >= 15 is 0 Å². The molecular weight excluding hydrogens is 605 g/mol. The van der Waals surface area contributed by atoms with Gasteiger partial charge in [0, 0.05) is 20.1 Å². The molecule has 40 heavy (non-hydrogen) atoms. The van der Waals surface area contributed by atoms with Gasteiger partial charge in [0.15, 0.2) is 0 Å². The molecule has 0 spiro atoms. The van der Waals surface area contributed by atoms with Crippen LogP contribution >= 0.6 is 23.2 Å². The smallest absolute Gasteiger partial charge is 0.475 e. The van der Waals surface area contributed by atoms with Crippen molar-refractivity contribution in [3.8, 4) is 0 Å². The number of anilines is 3. The van der Waals surface area contributed by atoms with Crippen LogP contribution in [0.25, 0.3) is 10.9 Å². The number of nitrogens with one attached hydrogen (secondary N) is 2. The maximum absolute atomic E-state index is 14.7. The summed E-state index contributed by atoms with van der Waals surface area (Å²) in [6, 6.07) is 5.47. The third-order valence-corrected chi connectivity index (χ3v) is 8.30. The molecule has 10 nitrogen and oxygen atoms in total. The first-order chi connectivity index (χ1) is 18.6. The molecule has 0 saturated carbocycles. The molecule has 1 fully saturated rings. The van der Waals surface area contributed by atoms with Gasteiger partial charge in [0.1, 0.15) is 5.82 Å². The van der Waals surface area contributed by atoms with E-state index in [1.165, 1.54) is 21.3 Å². The van der Waals surface area contributed by atoms with E-state index in [1.807, 2.05) is 6.92 Å². The number of aryl methyl sites for hydroxylation is 1. The zero-order chi connectivity index (χ0) is 30.0. The fourth-order valence-electron chi connectivity index (χ4n) is 3.78. The molecule has 2 aromatic carbocycles. The molecule has 218 valence electrons. The number of halogens is 6. The van der Waals surface area contributed by atoms with E-state index in [1.54, 1.807) is 19.2 Å². The number of nitrogens with zero attached hydrogens (tertiary/aromatic N) is 3. The zero-order valence-corrected chi connectivity index (χ0v) is 23.2. The Balaban J connectivity index is 0.000000559. The lowest BCUT2D eigenvalue weighted by Crippen LogP contribution is -2.34. The van der Waals surface area contributed by atoms with Crippen molar-refractivity contribution in [1.29, 1.82) is 0 Å². The summed E-state index contributed by atoms with van der Waals surface area (Å²) in [7, 11) is -2.32. The summed E-state index contributed by atoms with van der Waals surface area (Å²) in [5.74, 6) is -3.17. The largest absolute Gasteiger partial charge is 0.490 e. The van der Waals surface area contributed by atoms with Crippen molar-refractivity contribution < 1.29 is 35.9 Å². The molecule has 17 heteroatoms. The van der Waals surface area contributed by atoms with Crippen molar-refractivity contribution in [1.82, 2.24) is 13.9 Å². The number of carboxylic acids is 1. The van der Waals surface area contributed by atoms with Crippen LogP contribution in [0.15, 0.2) is 35.4 Å². The molecule has 1 saturated heterocycles. The number of rotatable bonds is 6. The first-order valence-corrected chi connectivity index (χ1v) is 13.7. The van der Waals surface area contributed by atoms with Gasteiger partial charge in [-0.25, -0.2) is 14.2 Å². The second kappa shape index (κ2) is 12.2. The van der Waals surface area contributed by atoms with Crippen LogP contribution in [0, 0.1) is 11.7 Å². The average molecular weight is 628 g/mol. The van der Waals surface area contributed by atoms with E-state index in [9.17, 15) is 30.8 Å². The van der Waals surface area contributed by atoms with Crippen LogP contribution in [0.4, 0.5) is 34.6 Å². The van der Waals surface area contributed by atoms with Crippen LogP contribution in [0.1, 0.15) is 19.8 Å². The Bertz CT molecular complexity index is 1600. The second-order valence-electron chi connectivity index (χ2n) is 8.72. The minimum atomic E-state index is -5.08. The van der Waals surface area contributed by atoms with Crippen molar-refractivity contribution in [3.63, 3.8) is 0 Å². The van der Waals surface area contributed by atoms with Gasteiger partial charge in [0.25, 0.3) is 5.56 Å². The first-order valence-electron chi connectivity index (χ1n) is 11.5. The van der Waals surface area contributed by atoms with Crippen LogP contribution in [0.5, 0.6) is 0 Å². The van der Waals surface area contributed by atoms with Crippen LogP contribution in [-0.4, -0.2) is 52.6 Å². The summed E-state index contributed by atoms with van der Waals surface area (Å²) >= 11 is 12.8. The molecule has 0 bridgehead atoms. The molecule has 1 aliphatic heterocycles. The molecule has 1 atom stereocenters. The second-order valence-corrected chi connectivity index (χ2v) is 11.1. The van der Waals surface area contributed by atoms with Gasteiger partial charge in [-0.1, -0.05) is 36.5 Å². The molecule has 2 heterocycles. The Labute approximate surface area is 235 Å². The number of carbonyl (C=O) groups is 1. The highest BCUT2D eigenvalue weighted by Gasteiger charge is 2.38. The molecule has 0 radical (unpaired) electrons. The van der Waals surface area contributed by atoms with Gasteiger partial charge in [-0.15, -0.1) is 0 Å². The van der Waals surface area contributed by atoms with Crippen LogP contribution in [-0.2, 0) is 22.1 Å². The third-order valence-electron chi connectivity index (χ3n) is 6.02. The van der Waals surface area contributed by atoms with E-state index in [0.29, 0.717) is 24.5 Å². The van der Waals surface area contributed by atoms with Gasteiger partial charge < -0.3 is 15.0 Å². The van der Waals surface area contributed by atoms with Crippen molar-refractivity contribution in [3.05, 3.63) is 56.8 Å². The SMILES string of the molecule is CC[C@@H]1CCN(S(=O)(=O)Nc2ccc(F)c(Nc3ccc4ncn(C)c(=O)c4c3Cl)c2Cl)C1.O=C(O)C(F)(F)F. The quantitative estimate of drug-likeness (QED) is 0.322. The number of alkyl halides is 3. The summed E-state index contributed by atoms with van der Waals surface area (Å²) in [5.41, 5.74) is 0.0950. The number of fused-ring (bicyclic) bond motifs is 1. The van der Waals surface area contributed by atoms with Gasteiger partial charge in [-0.05, 0) is 36.6 Å². The zero-order valence-electron chi connectivity index (χ0n) is 20.9. The van der Waals surface area contributed by atoms with Crippen molar-refractivity contribution >= 4 is 67.3 Å². The number of benzene rings is 2. The van der Waals surface area contributed by atoms with Gasteiger partial charge in [0.05, 0.1) is 44.3 Å². The predicted octanol–water partition coefficient (Wildman–Crippen LogP) is 5.14. The molecule has 0 amide bonds. The van der Waals surface area contributed by atoms with Crippen LogP contribution in [0.3, 0.4) is 0 Å². The maximum atomic E-state index is 14.7. The van der Waals surface area contributed by atoms with Crippen molar-refractivity contribution in [2.24, 2.45) is 13.0 Å². The van der Waals surface area contributed by atoms with E-state index in [4.69, 9.17) is 33.1 Å². The Morgan fingerprint density at radius 1 is 1.18 bits per heavy atom. The summed E-state index contributed by atoms with van der Waals surface area (Å²) in [6.45, 7) is 2.85.